The van der Waals surface area contributed by atoms with Crippen LogP contribution in [0.15, 0.2) is 72.5 Å². The smallest absolute Gasteiger partial charge is 0.116 e. The highest BCUT2D eigenvalue weighted by Gasteiger charge is 2.07. The second kappa shape index (κ2) is 6.52. The van der Waals surface area contributed by atoms with Gasteiger partial charge in [0.1, 0.15) is 19.8 Å². The molecule has 0 aliphatic rings. The molecule has 0 spiro atoms. The number of benzene rings is 2. The van der Waals surface area contributed by atoms with Crippen LogP contribution in [0.3, 0.4) is 0 Å². The van der Waals surface area contributed by atoms with E-state index in [4.69, 9.17) is 4.84 Å². The predicted molar refractivity (Wildman–Crippen MR) is 96.7 cm³/mol. The molecular weight excluding hydrogens is 314 g/mol. The zero-order chi connectivity index (χ0) is 17.1. The molecule has 4 rings (SSSR count). The van der Waals surface area contributed by atoms with Crippen LogP contribution in [0.1, 0.15) is 5.56 Å². The standard InChI is InChI=1S/C19H15N5O/c1-25-23-11-14-5-6-19-18(9-14)22-13-24(19)16-4-2-3-15(10-16)17-7-8-20-12-21-17/h2-13H,1H3. The van der Waals surface area contributed by atoms with Gasteiger partial charge in [-0.1, -0.05) is 23.4 Å². The number of aromatic nitrogens is 4. The highest BCUT2D eigenvalue weighted by atomic mass is 16.6. The summed E-state index contributed by atoms with van der Waals surface area (Å²) >= 11 is 0. The number of hydrogen-bond donors (Lipinski definition) is 0. The quantitative estimate of drug-likeness (QED) is 0.425. The average molecular weight is 329 g/mol. The zero-order valence-electron chi connectivity index (χ0n) is 13.6. The summed E-state index contributed by atoms with van der Waals surface area (Å²) in [5.41, 5.74) is 5.80. The molecule has 2 aromatic carbocycles. The molecule has 0 saturated heterocycles. The fraction of sp³-hybridized carbons (Fsp3) is 0.0526. The Morgan fingerprint density at radius 3 is 2.88 bits per heavy atom. The highest BCUT2D eigenvalue weighted by Crippen LogP contribution is 2.23. The van der Waals surface area contributed by atoms with E-state index >= 15 is 0 Å². The molecule has 0 aliphatic heterocycles. The van der Waals surface area contributed by atoms with E-state index in [1.54, 1.807) is 18.7 Å². The van der Waals surface area contributed by atoms with Gasteiger partial charge in [0.2, 0.25) is 0 Å². The Morgan fingerprint density at radius 1 is 1.08 bits per heavy atom. The second-order valence-corrected chi connectivity index (χ2v) is 5.42. The largest absolute Gasteiger partial charge is 0.399 e. The number of rotatable bonds is 4. The fourth-order valence-electron chi connectivity index (χ4n) is 2.71. The molecule has 0 bridgehead atoms. The van der Waals surface area contributed by atoms with E-state index in [0.717, 1.165) is 33.5 Å². The molecule has 0 fully saturated rings. The van der Waals surface area contributed by atoms with Gasteiger partial charge in [0.05, 0.1) is 22.9 Å². The summed E-state index contributed by atoms with van der Waals surface area (Å²) in [5, 5.41) is 3.79. The number of oxime groups is 1. The first-order valence-electron chi connectivity index (χ1n) is 7.75. The third kappa shape index (κ3) is 2.97. The van der Waals surface area contributed by atoms with Crippen LogP contribution in [-0.2, 0) is 4.84 Å². The van der Waals surface area contributed by atoms with E-state index in [9.17, 15) is 0 Å². The van der Waals surface area contributed by atoms with Gasteiger partial charge in [-0.15, -0.1) is 0 Å². The average Bonchev–Trinajstić information content (AvgIpc) is 3.10. The van der Waals surface area contributed by atoms with Crippen LogP contribution < -0.4 is 0 Å². The van der Waals surface area contributed by atoms with Gasteiger partial charge >= 0.3 is 0 Å². The van der Waals surface area contributed by atoms with Gasteiger partial charge in [-0.25, -0.2) is 15.0 Å². The number of imidazole rings is 1. The molecule has 0 saturated carbocycles. The Hall–Kier alpha value is -3.54. The van der Waals surface area contributed by atoms with Crippen molar-refractivity contribution in [2.75, 3.05) is 7.11 Å². The Kier molecular flexibility index (Phi) is 3.92. The first kappa shape index (κ1) is 15.0. The molecule has 0 radical (unpaired) electrons. The van der Waals surface area contributed by atoms with Crippen LogP contribution in [0.5, 0.6) is 0 Å². The molecule has 0 amide bonds. The summed E-state index contributed by atoms with van der Waals surface area (Å²) in [6.45, 7) is 0. The van der Waals surface area contributed by atoms with Gasteiger partial charge in [0.25, 0.3) is 0 Å². The maximum Gasteiger partial charge on any atom is 0.116 e. The minimum atomic E-state index is 0.888. The SMILES string of the molecule is CON=Cc1ccc2c(c1)ncn2-c1cccc(-c2ccncn2)c1. The lowest BCUT2D eigenvalue weighted by Gasteiger charge is -2.07. The molecule has 2 heterocycles. The highest BCUT2D eigenvalue weighted by molar-refractivity contribution is 5.87. The molecule has 6 heteroatoms. The van der Waals surface area contributed by atoms with E-state index in [1.165, 1.54) is 7.11 Å². The lowest BCUT2D eigenvalue weighted by Crippen LogP contribution is -1.93. The molecule has 4 aromatic rings. The molecule has 0 unspecified atom stereocenters. The Labute approximate surface area is 144 Å². The van der Waals surface area contributed by atoms with Crippen molar-refractivity contribution in [3.8, 4) is 16.9 Å². The molecule has 0 N–H and O–H groups in total. The van der Waals surface area contributed by atoms with Gasteiger partial charge in [-0.05, 0) is 35.9 Å². The Balaban J connectivity index is 1.76. The lowest BCUT2D eigenvalue weighted by molar-refractivity contribution is 0.215. The van der Waals surface area contributed by atoms with Crippen LogP contribution >= 0.6 is 0 Å². The van der Waals surface area contributed by atoms with Crippen molar-refractivity contribution >= 4 is 17.2 Å². The molecule has 0 atom stereocenters. The van der Waals surface area contributed by atoms with E-state index in [2.05, 4.69) is 30.7 Å². The van der Waals surface area contributed by atoms with E-state index in [-0.39, 0.29) is 0 Å². The number of nitrogens with zero attached hydrogens (tertiary/aromatic N) is 5. The van der Waals surface area contributed by atoms with Crippen molar-refractivity contribution in [2.45, 2.75) is 0 Å². The summed E-state index contributed by atoms with van der Waals surface area (Å²) in [7, 11) is 1.52. The van der Waals surface area contributed by atoms with Gasteiger partial charge in [-0.3, -0.25) is 4.57 Å². The van der Waals surface area contributed by atoms with E-state index < -0.39 is 0 Å². The van der Waals surface area contributed by atoms with Gasteiger partial charge in [0.15, 0.2) is 0 Å². The first-order chi connectivity index (χ1) is 12.3. The minimum absolute atomic E-state index is 0.888. The third-order valence-corrected chi connectivity index (χ3v) is 3.88. The lowest BCUT2D eigenvalue weighted by atomic mass is 10.1. The maximum absolute atomic E-state index is 4.72. The summed E-state index contributed by atoms with van der Waals surface area (Å²) in [4.78, 5) is 17.5. The minimum Gasteiger partial charge on any atom is -0.399 e. The zero-order valence-corrected chi connectivity index (χ0v) is 13.6. The fourth-order valence-corrected chi connectivity index (χ4v) is 2.71. The normalized spacial score (nSPS) is 11.2. The van der Waals surface area contributed by atoms with Crippen molar-refractivity contribution in [3.05, 3.63) is 72.9 Å². The monoisotopic (exact) mass is 329 g/mol. The van der Waals surface area contributed by atoms with Crippen LogP contribution in [-0.4, -0.2) is 32.8 Å². The first-order valence-corrected chi connectivity index (χ1v) is 7.75. The molecule has 122 valence electrons. The Bertz CT molecular complexity index is 1040. The van der Waals surface area contributed by atoms with Crippen molar-refractivity contribution in [3.63, 3.8) is 0 Å². The summed E-state index contributed by atoms with van der Waals surface area (Å²) < 4.78 is 2.05. The van der Waals surface area contributed by atoms with Crippen LogP contribution in [0.25, 0.3) is 28.0 Å². The van der Waals surface area contributed by atoms with Gasteiger partial charge < -0.3 is 4.84 Å². The number of fused-ring (bicyclic) bond motifs is 1. The van der Waals surface area contributed by atoms with Crippen molar-refractivity contribution in [1.82, 2.24) is 19.5 Å². The van der Waals surface area contributed by atoms with Crippen LogP contribution in [0, 0.1) is 0 Å². The topological polar surface area (TPSA) is 65.2 Å². The maximum atomic E-state index is 4.72. The van der Waals surface area contributed by atoms with Gasteiger partial charge in [0, 0.05) is 17.4 Å². The van der Waals surface area contributed by atoms with Crippen LogP contribution in [0.2, 0.25) is 0 Å². The van der Waals surface area contributed by atoms with Crippen molar-refractivity contribution in [2.24, 2.45) is 5.16 Å². The van der Waals surface area contributed by atoms with Crippen LogP contribution in [0.4, 0.5) is 0 Å². The van der Waals surface area contributed by atoms with Crippen molar-refractivity contribution in [1.29, 1.82) is 0 Å². The molecule has 6 nitrogen and oxygen atoms in total. The predicted octanol–water partition coefficient (Wildman–Crippen LogP) is 3.46. The van der Waals surface area contributed by atoms with Gasteiger partial charge in [-0.2, -0.15) is 0 Å². The second-order valence-electron chi connectivity index (χ2n) is 5.42. The van der Waals surface area contributed by atoms with Crippen molar-refractivity contribution < 1.29 is 4.84 Å². The van der Waals surface area contributed by atoms with E-state index in [0.29, 0.717) is 0 Å². The summed E-state index contributed by atoms with van der Waals surface area (Å²) in [6, 6.07) is 16.1. The molecule has 25 heavy (non-hydrogen) atoms. The Morgan fingerprint density at radius 2 is 2.04 bits per heavy atom. The molecular formula is C19H15N5O. The molecule has 0 aliphatic carbocycles. The molecule has 2 aromatic heterocycles. The summed E-state index contributed by atoms with van der Waals surface area (Å²) in [5.74, 6) is 0. The summed E-state index contributed by atoms with van der Waals surface area (Å²) in [6.07, 6.45) is 6.78. The van der Waals surface area contributed by atoms with E-state index in [1.807, 2.05) is 48.8 Å². The number of hydrogen-bond acceptors (Lipinski definition) is 5. The third-order valence-electron chi connectivity index (χ3n) is 3.88.